The van der Waals surface area contributed by atoms with E-state index in [9.17, 15) is 4.39 Å². The van der Waals surface area contributed by atoms with E-state index in [0.29, 0.717) is 19.6 Å². The molecule has 1 rings (SSSR count). The summed E-state index contributed by atoms with van der Waals surface area (Å²) in [6.45, 7) is -0.428. The summed E-state index contributed by atoms with van der Waals surface area (Å²) in [6.07, 6.45) is 0.581. The van der Waals surface area contributed by atoms with Crippen LogP contribution in [-0.4, -0.2) is 42.3 Å². The molecule has 1 fully saturated rings. The third-order valence-electron chi connectivity index (χ3n) is 2.19. The van der Waals surface area contributed by atoms with Gasteiger partial charge in [-0.2, -0.15) is 0 Å². The van der Waals surface area contributed by atoms with E-state index in [1.54, 1.807) is 0 Å². The van der Waals surface area contributed by atoms with Crippen LogP contribution in [0.5, 0.6) is 0 Å². The highest BCUT2D eigenvalue weighted by Gasteiger charge is 2.40. The average molecular weight is 164 g/mol. The molecule has 3 nitrogen and oxygen atoms in total. The number of rotatable bonds is 3. The summed E-state index contributed by atoms with van der Waals surface area (Å²) in [6, 6.07) is 0. The Morgan fingerprint density at radius 1 is 1.45 bits per heavy atom. The molecule has 0 radical (unpaired) electrons. The van der Waals surface area contributed by atoms with E-state index in [-0.39, 0.29) is 5.92 Å². The van der Waals surface area contributed by atoms with E-state index in [2.05, 4.69) is 0 Å². The van der Waals surface area contributed by atoms with Gasteiger partial charge in [0.1, 0.15) is 0 Å². The lowest BCUT2D eigenvalue weighted by atomic mass is 9.90. The zero-order valence-corrected chi connectivity index (χ0v) is 6.29. The quantitative estimate of drug-likeness (QED) is 0.603. The number of hydrogen-bond donors (Lipinski definition) is 2. The summed E-state index contributed by atoms with van der Waals surface area (Å²) < 4.78 is 18.3. The van der Waals surface area contributed by atoms with Crippen LogP contribution >= 0.6 is 0 Å². The van der Waals surface area contributed by atoms with Gasteiger partial charge in [0.15, 0.2) is 5.67 Å². The van der Waals surface area contributed by atoms with Gasteiger partial charge in [-0.1, -0.05) is 0 Å². The van der Waals surface area contributed by atoms with E-state index in [0.717, 1.165) is 0 Å². The van der Waals surface area contributed by atoms with Crippen molar-refractivity contribution in [2.45, 2.75) is 12.1 Å². The van der Waals surface area contributed by atoms with Crippen molar-refractivity contribution in [3.63, 3.8) is 0 Å². The first-order valence-corrected chi connectivity index (χ1v) is 3.71. The van der Waals surface area contributed by atoms with Gasteiger partial charge >= 0.3 is 0 Å². The van der Waals surface area contributed by atoms with E-state index >= 15 is 0 Å². The van der Waals surface area contributed by atoms with Crippen molar-refractivity contribution in [3.8, 4) is 0 Å². The molecule has 0 bridgehead atoms. The summed E-state index contributed by atoms with van der Waals surface area (Å²) in [4.78, 5) is 0. The van der Waals surface area contributed by atoms with Gasteiger partial charge in [0.2, 0.25) is 0 Å². The van der Waals surface area contributed by atoms with Gasteiger partial charge in [-0.15, -0.1) is 0 Å². The molecule has 1 heterocycles. The standard InChI is InChI=1S/C7H13FO3/c8-7(4-9,5-10)6-1-2-11-3-6/h6,9-10H,1-5H2. The normalized spacial score (nSPS) is 25.9. The SMILES string of the molecule is OCC(F)(CO)C1CCOC1. The van der Waals surface area contributed by atoms with Crippen LogP contribution in [0, 0.1) is 5.92 Å². The Morgan fingerprint density at radius 3 is 2.45 bits per heavy atom. The highest BCUT2D eigenvalue weighted by molar-refractivity contribution is 4.87. The lowest BCUT2D eigenvalue weighted by Crippen LogP contribution is -2.41. The molecule has 11 heavy (non-hydrogen) atoms. The Balaban J connectivity index is 2.52. The van der Waals surface area contributed by atoms with E-state index in [4.69, 9.17) is 14.9 Å². The summed E-state index contributed by atoms with van der Waals surface area (Å²) in [5.41, 5.74) is -1.85. The second-order valence-corrected chi connectivity index (χ2v) is 2.91. The van der Waals surface area contributed by atoms with Gasteiger partial charge in [-0.25, -0.2) is 4.39 Å². The first-order valence-electron chi connectivity index (χ1n) is 3.71. The second kappa shape index (κ2) is 3.47. The van der Waals surface area contributed by atoms with Gasteiger partial charge in [0.05, 0.1) is 19.8 Å². The number of aliphatic hydroxyl groups excluding tert-OH is 2. The fraction of sp³-hybridized carbons (Fsp3) is 1.00. The minimum Gasteiger partial charge on any atom is -0.393 e. The Labute approximate surface area is 64.8 Å². The number of alkyl halides is 1. The Morgan fingerprint density at radius 2 is 2.09 bits per heavy atom. The fourth-order valence-electron chi connectivity index (χ4n) is 1.25. The third kappa shape index (κ3) is 1.69. The minimum absolute atomic E-state index is 0.303. The molecule has 0 amide bonds. The van der Waals surface area contributed by atoms with Gasteiger partial charge < -0.3 is 14.9 Å². The monoisotopic (exact) mass is 164 g/mol. The predicted octanol–water partition coefficient (Wildman–Crippen LogP) is -0.284. The number of aliphatic hydroxyl groups is 2. The van der Waals surface area contributed by atoms with Crippen molar-refractivity contribution in [3.05, 3.63) is 0 Å². The molecular weight excluding hydrogens is 151 g/mol. The lowest BCUT2D eigenvalue weighted by molar-refractivity contribution is -0.0317. The zero-order valence-electron chi connectivity index (χ0n) is 6.29. The van der Waals surface area contributed by atoms with Crippen molar-refractivity contribution in [1.29, 1.82) is 0 Å². The Bertz CT molecular complexity index is 119. The average Bonchev–Trinajstić information content (AvgIpc) is 2.55. The Kier molecular flexibility index (Phi) is 2.81. The minimum atomic E-state index is -1.85. The van der Waals surface area contributed by atoms with Crippen LogP contribution in [0.1, 0.15) is 6.42 Å². The molecule has 4 heteroatoms. The van der Waals surface area contributed by atoms with E-state index in [1.165, 1.54) is 0 Å². The molecule has 1 unspecified atom stereocenters. The lowest BCUT2D eigenvalue weighted by Gasteiger charge is -2.25. The molecule has 0 spiro atoms. The van der Waals surface area contributed by atoms with Crippen LogP contribution in [-0.2, 0) is 4.74 Å². The highest BCUT2D eigenvalue weighted by Crippen LogP contribution is 2.28. The molecule has 0 aromatic carbocycles. The van der Waals surface area contributed by atoms with Crippen LogP contribution in [0.25, 0.3) is 0 Å². The second-order valence-electron chi connectivity index (χ2n) is 2.91. The van der Waals surface area contributed by atoms with Crippen LogP contribution in [0.2, 0.25) is 0 Å². The van der Waals surface area contributed by atoms with Crippen LogP contribution in [0.3, 0.4) is 0 Å². The molecule has 2 N–H and O–H groups in total. The van der Waals surface area contributed by atoms with Gasteiger partial charge in [-0.05, 0) is 6.42 Å². The molecular formula is C7H13FO3. The van der Waals surface area contributed by atoms with Gasteiger partial charge in [0.25, 0.3) is 0 Å². The maximum Gasteiger partial charge on any atom is 0.161 e. The van der Waals surface area contributed by atoms with Crippen LogP contribution < -0.4 is 0 Å². The zero-order chi connectivity index (χ0) is 8.32. The van der Waals surface area contributed by atoms with Crippen LogP contribution in [0.4, 0.5) is 4.39 Å². The third-order valence-corrected chi connectivity index (χ3v) is 2.19. The van der Waals surface area contributed by atoms with Crippen molar-refractivity contribution < 1.29 is 19.3 Å². The summed E-state index contributed by atoms with van der Waals surface area (Å²) in [7, 11) is 0. The molecule has 1 saturated heterocycles. The number of ether oxygens (including phenoxy) is 1. The maximum atomic E-state index is 13.4. The molecule has 0 saturated carbocycles. The molecule has 1 aliphatic heterocycles. The largest absolute Gasteiger partial charge is 0.393 e. The smallest absolute Gasteiger partial charge is 0.161 e. The fourth-order valence-corrected chi connectivity index (χ4v) is 1.25. The van der Waals surface area contributed by atoms with Gasteiger partial charge in [-0.3, -0.25) is 0 Å². The van der Waals surface area contributed by atoms with Crippen molar-refractivity contribution in [1.82, 2.24) is 0 Å². The molecule has 1 aliphatic rings. The molecule has 0 aromatic heterocycles. The van der Waals surface area contributed by atoms with Crippen molar-refractivity contribution >= 4 is 0 Å². The van der Waals surface area contributed by atoms with Crippen molar-refractivity contribution in [2.75, 3.05) is 26.4 Å². The highest BCUT2D eigenvalue weighted by atomic mass is 19.1. The topological polar surface area (TPSA) is 49.7 Å². The summed E-state index contributed by atoms with van der Waals surface area (Å²) in [5, 5.41) is 17.3. The predicted molar refractivity (Wildman–Crippen MR) is 36.9 cm³/mol. The number of hydrogen-bond acceptors (Lipinski definition) is 3. The summed E-state index contributed by atoms with van der Waals surface area (Å²) in [5.74, 6) is -0.350. The first kappa shape index (κ1) is 8.90. The Hall–Kier alpha value is -0.190. The molecule has 66 valence electrons. The summed E-state index contributed by atoms with van der Waals surface area (Å²) >= 11 is 0. The molecule has 0 aromatic rings. The molecule has 1 atom stereocenters. The number of halogens is 1. The van der Waals surface area contributed by atoms with E-state index < -0.39 is 18.9 Å². The van der Waals surface area contributed by atoms with Crippen molar-refractivity contribution in [2.24, 2.45) is 5.92 Å². The van der Waals surface area contributed by atoms with E-state index in [1.807, 2.05) is 0 Å². The molecule has 0 aliphatic carbocycles. The maximum absolute atomic E-state index is 13.4. The first-order chi connectivity index (χ1) is 5.23. The van der Waals surface area contributed by atoms with Crippen LogP contribution in [0.15, 0.2) is 0 Å². The van der Waals surface area contributed by atoms with Gasteiger partial charge in [0, 0.05) is 12.5 Å².